The van der Waals surface area contributed by atoms with Gasteiger partial charge in [0.2, 0.25) is 0 Å². The van der Waals surface area contributed by atoms with E-state index in [4.69, 9.17) is 44.9 Å². The van der Waals surface area contributed by atoms with E-state index in [0.29, 0.717) is 16.5 Å². The minimum absolute atomic E-state index is 0.0883. The molecule has 1 unspecified atom stereocenters. The number of aryl methyl sites for hydroxylation is 2. The Morgan fingerprint density at radius 2 is 1.80 bits per heavy atom. The second kappa shape index (κ2) is 11.0. The SMILES string of the molecule is Cc1ccc(C)c(OCC(=O)NC(=S)NNC(=O)C(C)Oc2ccc(Cl)cc2Cl)c1. The van der Waals surface area contributed by atoms with Gasteiger partial charge in [-0.25, -0.2) is 0 Å². The summed E-state index contributed by atoms with van der Waals surface area (Å²) >= 11 is 16.8. The monoisotopic (exact) mass is 469 g/mol. The Kier molecular flexibility index (Phi) is 8.71. The highest BCUT2D eigenvalue weighted by molar-refractivity contribution is 7.80. The minimum atomic E-state index is -0.887. The Morgan fingerprint density at radius 3 is 2.50 bits per heavy atom. The number of hydrazine groups is 1. The summed E-state index contributed by atoms with van der Waals surface area (Å²) in [5.74, 6) is -0.0727. The van der Waals surface area contributed by atoms with Gasteiger partial charge in [0, 0.05) is 5.02 Å². The predicted octanol–water partition coefficient (Wildman–Crippen LogP) is 3.48. The van der Waals surface area contributed by atoms with E-state index in [1.54, 1.807) is 12.1 Å². The van der Waals surface area contributed by atoms with Gasteiger partial charge in [-0.2, -0.15) is 0 Å². The molecule has 0 fully saturated rings. The summed E-state index contributed by atoms with van der Waals surface area (Å²) in [5, 5.41) is 3.05. The van der Waals surface area contributed by atoms with Crippen molar-refractivity contribution in [3.8, 4) is 11.5 Å². The largest absolute Gasteiger partial charge is 0.483 e. The Morgan fingerprint density at radius 1 is 1.07 bits per heavy atom. The standard InChI is InChI=1S/C20H21Cl2N3O4S/c1-11-4-5-12(2)17(8-11)28-10-18(26)23-20(30)25-24-19(27)13(3)29-16-7-6-14(21)9-15(16)22/h4-9,13H,10H2,1-3H3,(H,24,27)(H2,23,25,26,30). The molecule has 0 aromatic heterocycles. The van der Waals surface area contributed by atoms with Crippen LogP contribution in [0.1, 0.15) is 18.1 Å². The van der Waals surface area contributed by atoms with Crippen LogP contribution in [-0.4, -0.2) is 29.6 Å². The molecule has 0 spiro atoms. The first-order valence-electron chi connectivity index (χ1n) is 8.87. The number of thiocarbonyl (C=S) groups is 1. The molecule has 0 saturated carbocycles. The van der Waals surface area contributed by atoms with Crippen LogP contribution in [-0.2, 0) is 9.59 Å². The number of hydrogen-bond acceptors (Lipinski definition) is 5. The van der Waals surface area contributed by atoms with Crippen LogP contribution in [0.2, 0.25) is 10.0 Å². The first-order valence-corrected chi connectivity index (χ1v) is 10.0. The second-order valence-electron chi connectivity index (χ2n) is 6.38. The third kappa shape index (κ3) is 7.37. The number of benzene rings is 2. The van der Waals surface area contributed by atoms with Gasteiger partial charge >= 0.3 is 0 Å². The molecule has 2 aromatic carbocycles. The molecule has 3 N–H and O–H groups in total. The molecule has 1 atom stereocenters. The van der Waals surface area contributed by atoms with E-state index in [1.165, 1.54) is 13.0 Å². The molecular weight excluding hydrogens is 449 g/mol. The van der Waals surface area contributed by atoms with Gasteiger partial charge in [0.15, 0.2) is 17.8 Å². The average molecular weight is 470 g/mol. The molecule has 0 aliphatic carbocycles. The Balaban J connectivity index is 1.75. The number of halogens is 2. The highest BCUT2D eigenvalue weighted by Gasteiger charge is 2.17. The fourth-order valence-corrected chi connectivity index (χ4v) is 2.85. The smallest absolute Gasteiger partial charge is 0.279 e. The quantitative estimate of drug-likeness (QED) is 0.443. The van der Waals surface area contributed by atoms with Crippen LogP contribution >= 0.6 is 35.4 Å². The molecule has 0 aliphatic heterocycles. The molecule has 0 saturated heterocycles. The summed E-state index contributed by atoms with van der Waals surface area (Å²) in [6.07, 6.45) is -0.887. The molecule has 160 valence electrons. The zero-order chi connectivity index (χ0) is 22.3. The van der Waals surface area contributed by atoms with Crippen LogP contribution in [0.15, 0.2) is 36.4 Å². The highest BCUT2D eigenvalue weighted by atomic mass is 35.5. The van der Waals surface area contributed by atoms with Gasteiger partial charge in [0.05, 0.1) is 5.02 Å². The van der Waals surface area contributed by atoms with Gasteiger partial charge in [-0.1, -0.05) is 35.3 Å². The van der Waals surface area contributed by atoms with Crippen molar-refractivity contribution in [2.75, 3.05) is 6.61 Å². The number of hydrogen-bond donors (Lipinski definition) is 3. The van der Waals surface area contributed by atoms with Crippen LogP contribution in [0.4, 0.5) is 0 Å². The maximum atomic E-state index is 12.1. The zero-order valence-corrected chi connectivity index (χ0v) is 18.9. The molecule has 30 heavy (non-hydrogen) atoms. The summed E-state index contributed by atoms with van der Waals surface area (Å²) in [5.41, 5.74) is 6.72. The third-order valence-electron chi connectivity index (χ3n) is 3.82. The zero-order valence-electron chi connectivity index (χ0n) is 16.5. The molecule has 0 aliphatic rings. The van der Waals surface area contributed by atoms with Crippen molar-refractivity contribution in [3.63, 3.8) is 0 Å². The maximum absolute atomic E-state index is 12.1. The van der Waals surface area contributed by atoms with Gasteiger partial charge in [0.1, 0.15) is 11.5 Å². The predicted molar refractivity (Wildman–Crippen MR) is 120 cm³/mol. The summed E-state index contributed by atoms with van der Waals surface area (Å²) < 4.78 is 11.0. The van der Waals surface area contributed by atoms with Gasteiger partial charge in [-0.3, -0.25) is 25.8 Å². The van der Waals surface area contributed by atoms with E-state index in [1.807, 2.05) is 32.0 Å². The van der Waals surface area contributed by atoms with Crippen molar-refractivity contribution in [1.82, 2.24) is 16.2 Å². The number of carbonyl (C=O) groups excluding carboxylic acids is 2. The Bertz CT molecular complexity index is 956. The van der Waals surface area contributed by atoms with Crippen LogP contribution in [0.3, 0.4) is 0 Å². The van der Waals surface area contributed by atoms with E-state index in [9.17, 15) is 9.59 Å². The van der Waals surface area contributed by atoms with Crippen molar-refractivity contribution < 1.29 is 19.1 Å². The third-order valence-corrected chi connectivity index (χ3v) is 4.56. The summed E-state index contributed by atoms with van der Waals surface area (Å²) in [7, 11) is 0. The lowest BCUT2D eigenvalue weighted by molar-refractivity contribution is -0.128. The number of ether oxygens (including phenoxy) is 2. The minimum Gasteiger partial charge on any atom is -0.483 e. The van der Waals surface area contributed by atoms with Crippen LogP contribution in [0.5, 0.6) is 11.5 Å². The van der Waals surface area contributed by atoms with E-state index in [0.717, 1.165) is 11.1 Å². The molecule has 2 amide bonds. The fraction of sp³-hybridized carbons (Fsp3) is 0.250. The van der Waals surface area contributed by atoms with Crippen molar-refractivity contribution >= 4 is 52.3 Å². The van der Waals surface area contributed by atoms with Crippen molar-refractivity contribution in [2.45, 2.75) is 26.9 Å². The van der Waals surface area contributed by atoms with Crippen LogP contribution in [0, 0.1) is 13.8 Å². The van der Waals surface area contributed by atoms with E-state index in [-0.39, 0.29) is 16.7 Å². The first-order chi connectivity index (χ1) is 14.2. The first kappa shape index (κ1) is 23.7. The van der Waals surface area contributed by atoms with E-state index >= 15 is 0 Å². The van der Waals surface area contributed by atoms with E-state index < -0.39 is 17.9 Å². The summed E-state index contributed by atoms with van der Waals surface area (Å²) in [4.78, 5) is 24.1. The van der Waals surface area contributed by atoms with Crippen molar-refractivity contribution in [1.29, 1.82) is 0 Å². The molecule has 0 heterocycles. The molecule has 7 nitrogen and oxygen atoms in total. The molecule has 2 rings (SSSR count). The van der Waals surface area contributed by atoms with Crippen LogP contribution < -0.4 is 25.6 Å². The van der Waals surface area contributed by atoms with Crippen LogP contribution in [0.25, 0.3) is 0 Å². The molecule has 0 bridgehead atoms. The summed E-state index contributed by atoms with van der Waals surface area (Å²) in [6.45, 7) is 5.12. The van der Waals surface area contributed by atoms with Gasteiger partial charge in [0.25, 0.3) is 11.8 Å². The molecule has 10 heteroatoms. The lowest BCUT2D eigenvalue weighted by atomic mass is 10.1. The van der Waals surface area contributed by atoms with Gasteiger partial charge in [-0.15, -0.1) is 0 Å². The Hall–Kier alpha value is -2.55. The second-order valence-corrected chi connectivity index (χ2v) is 7.64. The van der Waals surface area contributed by atoms with E-state index in [2.05, 4.69) is 16.2 Å². The topological polar surface area (TPSA) is 88.7 Å². The van der Waals surface area contributed by atoms with Crippen molar-refractivity contribution in [3.05, 3.63) is 57.6 Å². The van der Waals surface area contributed by atoms with Gasteiger partial charge < -0.3 is 9.47 Å². The lowest BCUT2D eigenvalue weighted by Crippen LogP contribution is -2.52. The molecule has 0 radical (unpaired) electrons. The number of amides is 2. The normalized spacial score (nSPS) is 11.2. The van der Waals surface area contributed by atoms with Gasteiger partial charge in [-0.05, 0) is 68.4 Å². The Labute approximate surface area is 190 Å². The fourth-order valence-electron chi connectivity index (χ4n) is 2.23. The number of carbonyl (C=O) groups is 2. The average Bonchev–Trinajstić information content (AvgIpc) is 2.68. The number of nitrogens with one attached hydrogen (secondary N) is 3. The number of rotatable bonds is 6. The summed E-state index contributed by atoms with van der Waals surface area (Å²) in [6, 6.07) is 10.4. The highest BCUT2D eigenvalue weighted by Crippen LogP contribution is 2.28. The van der Waals surface area contributed by atoms with Crippen molar-refractivity contribution in [2.24, 2.45) is 0 Å². The molecular formula is C20H21Cl2N3O4S. The molecule has 2 aromatic rings. The maximum Gasteiger partial charge on any atom is 0.279 e. The lowest BCUT2D eigenvalue weighted by Gasteiger charge is -2.17.